The maximum Gasteiger partial charge on any atom is 0.104 e. The number of aliphatic hydroxyl groups excluding tert-OH is 1. The van der Waals surface area contributed by atoms with Gasteiger partial charge in [-0.2, -0.15) is 0 Å². The summed E-state index contributed by atoms with van der Waals surface area (Å²) in [6, 6.07) is 7.88. The maximum atomic E-state index is 8.60. The molecule has 0 amide bonds. The van der Waals surface area contributed by atoms with Crippen LogP contribution in [-0.4, -0.2) is 48.4 Å². The summed E-state index contributed by atoms with van der Waals surface area (Å²) in [7, 11) is 2.01. The molecule has 1 rings (SSSR count). The highest BCUT2D eigenvalue weighted by molar-refractivity contribution is 7.80. The van der Waals surface area contributed by atoms with Gasteiger partial charge in [0, 0.05) is 18.7 Å². The third-order valence-electron chi connectivity index (χ3n) is 2.58. The van der Waals surface area contributed by atoms with Crippen molar-refractivity contribution in [2.45, 2.75) is 6.54 Å². The van der Waals surface area contributed by atoms with Crippen molar-refractivity contribution < 1.29 is 9.84 Å². The van der Waals surface area contributed by atoms with Gasteiger partial charge >= 0.3 is 0 Å². The zero-order chi connectivity index (χ0) is 13.4. The molecule has 0 fully saturated rings. The molecule has 0 aliphatic rings. The largest absolute Gasteiger partial charge is 0.394 e. The van der Waals surface area contributed by atoms with E-state index >= 15 is 0 Å². The van der Waals surface area contributed by atoms with Gasteiger partial charge in [-0.15, -0.1) is 0 Å². The summed E-state index contributed by atoms with van der Waals surface area (Å²) < 4.78 is 5.23. The predicted octanol–water partition coefficient (Wildman–Crippen LogP) is 0.761. The number of ether oxygens (including phenoxy) is 1. The summed E-state index contributed by atoms with van der Waals surface area (Å²) >= 11 is 5.03. The molecule has 4 nitrogen and oxygen atoms in total. The van der Waals surface area contributed by atoms with E-state index in [4.69, 9.17) is 27.8 Å². The van der Waals surface area contributed by atoms with E-state index in [1.54, 1.807) is 0 Å². The van der Waals surface area contributed by atoms with Crippen LogP contribution in [0.4, 0.5) is 0 Å². The van der Waals surface area contributed by atoms with Gasteiger partial charge in [-0.1, -0.05) is 36.5 Å². The summed E-state index contributed by atoms with van der Waals surface area (Å²) in [5.74, 6) is 0. The van der Waals surface area contributed by atoms with E-state index < -0.39 is 0 Å². The number of hydrogen-bond donors (Lipinski definition) is 2. The first-order valence-corrected chi connectivity index (χ1v) is 6.31. The fourth-order valence-corrected chi connectivity index (χ4v) is 1.85. The quantitative estimate of drug-likeness (QED) is 0.538. The molecule has 18 heavy (non-hydrogen) atoms. The van der Waals surface area contributed by atoms with Gasteiger partial charge in [0.1, 0.15) is 4.99 Å². The highest BCUT2D eigenvalue weighted by Crippen LogP contribution is 2.10. The molecule has 0 bridgehead atoms. The summed E-state index contributed by atoms with van der Waals surface area (Å²) in [6.07, 6.45) is 0. The van der Waals surface area contributed by atoms with Crippen LogP contribution in [0.1, 0.15) is 11.1 Å². The van der Waals surface area contributed by atoms with E-state index in [2.05, 4.69) is 4.90 Å². The van der Waals surface area contributed by atoms with E-state index in [1.807, 2.05) is 31.3 Å². The minimum Gasteiger partial charge on any atom is -0.394 e. The van der Waals surface area contributed by atoms with Crippen LogP contribution in [0.5, 0.6) is 0 Å². The first-order valence-electron chi connectivity index (χ1n) is 5.90. The Bertz CT molecular complexity index is 385. The van der Waals surface area contributed by atoms with Crippen LogP contribution in [0, 0.1) is 0 Å². The molecule has 5 heteroatoms. The van der Waals surface area contributed by atoms with Crippen LogP contribution >= 0.6 is 12.2 Å². The zero-order valence-electron chi connectivity index (χ0n) is 10.6. The lowest BCUT2D eigenvalue weighted by Gasteiger charge is -2.18. The molecule has 0 heterocycles. The fourth-order valence-electron chi connectivity index (χ4n) is 1.66. The van der Waals surface area contributed by atoms with Crippen molar-refractivity contribution in [1.82, 2.24) is 4.90 Å². The number of thiocarbonyl (C=S) groups is 1. The van der Waals surface area contributed by atoms with Gasteiger partial charge < -0.3 is 15.6 Å². The zero-order valence-corrected chi connectivity index (χ0v) is 11.4. The van der Waals surface area contributed by atoms with Gasteiger partial charge in [0.25, 0.3) is 0 Å². The lowest BCUT2D eigenvalue weighted by Crippen LogP contribution is -2.25. The van der Waals surface area contributed by atoms with E-state index in [-0.39, 0.29) is 6.61 Å². The van der Waals surface area contributed by atoms with Crippen LogP contribution in [0.3, 0.4) is 0 Å². The molecule has 0 aliphatic heterocycles. The summed E-state index contributed by atoms with van der Waals surface area (Å²) in [4.78, 5) is 2.56. The standard InChI is InChI=1S/C13H20N2O2S/c1-15(6-8-17-9-7-16)10-11-4-2-3-5-12(11)13(14)18/h2-5,16H,6-10H2,1H3,(H2,14,18). The minimum atomic E-state index is 0.0635. The van der Waals surface area contributed by atoms with E-state index in [9.17, 15) is 0 Å². The molecule has 0 saturated heterocycles. The van der Waals surface area contributed by atoms with Crippen LogP contribution < -0.4 is 5.73 Å². The first kappa shape index (κ1) is 15.0. The molecular weight excluding hydrogens is 248 g/mol. The normalized spacial score (nSPS) is 10.8. The molecule has 0 aromatic heterocycles. The SMILES string of the molecule is CN(CCOCCO)Cc1ccccc1C(N)=S. The van der Waals surface area contributed by atoms with E-state index in [0.717, 1.165) is 24.2 Å². The minimum absolute atomic E-state index is 0.0635. The molecule has 0 atom stereocenters. The number of nitrogens with two attached hydrogens (primary N) is 1. The maximum absolute atomic E-state index is 8.60. The molecule has 3 N–H and O–H groups in total. The van der Waals surface area contributed by atoms with Gasteiger partial charge in [-0.25, -0.2) is 0 Å². The summed E-state index contributed by atoms with van der Waals surface area (Å²) in [5, 5.41) is 8.60. The van der Waals surface area contributed by atoms with Crippen LogP contribution in [0.15, 0.2) is 24.3 Å². The summed E-state index contributed by atoms with van der Waals surface area (Å²) in [6.45, 7) is 2.62. The number of rotatable bonds is 8. The lowest BCUT2D eigenvalue weighted by atomic mass is 10.1. The first-order chi connectivity index (χ1) is 8.65. The smallest absolute Gasteiger partial charge is 0.104 e. The van der Waals surface area contributed by atoms with Crippen molar-refractivity contribution in [1.29, 1.82) is 0 Å². The Kier molecular flexibility index (Phi) is 6.82. The Hall–Kier alpha value is -1.01. The predicted molar refractivity (Wildman–Crippen MR) is 76.6 cm³/mol. The average molecular weight is 268 g/mol. The number of hydrogen-bond acceptors (Lipinski definition) is 4. The second-order valence-electron chi connectivity index (χ2n) is 4.10. The van der Waals surface area contributed by atoms with Crippen molar-refractivity contribution in [2.24, 2.45) is 5.73 Å². The molecule has 0 aliphatic carbocycles. The Labute approximate surface area is 113 Å². The molecule has 1 aromatic rings. The molecule has 0 radical (unpaired) electrons. The molecular formula is C13H20N2O2S. The Morgan fingerprint density at radius 3 is 2.78 bits per heavy atom. The van der Waals surface area contributed by atoms with Crippen molar-refractivity contribution in [3.05, 3.63) is 35.4 Å². The van der Waals surface area contributed by atoms with Gasteiger partial charge in [-0.05, 0) is 12.6 Å². The van der Waals surface area contributed by atoms with Crippen LogP contribution in [-0.2, 0) is 11.3 Å². The van der Waals surface area contributed by atoms with Crippen LogP contribution in [0.25, 0.3) is 0 Å². The Morgan fingerprint density at radius 1 is 1.39 bits per heavy atom. The van der Waals surface area contributed by atoms with Crippen LogP contribution in [0.2, 0.25) is 0 Å². The second kappa shape index (κ2) is 8.16. The topological polar surface area (TPSA) is 58.7 Å². The van der Waals surface area contributed by atoms with Gasteiger partial charge in [0.05, 0.1) is 19.8 Å². The lowest BCUT2D eigenvalue weighted by molar-refractivity contribution is 0.0773. The number of aliphatic hydroxyl groups is 1. The fraction of sp³-hybridized carbons (Fsp3) is 0.462. The van der Waals surface area contributed by atoms with E-state index in [0.29, 0.717) is 18.2 Å². The monoisotopic (exact) mass is 268 g/mol. The highest BCUT2D eigenvalue weighted by Gasteiger charge is 2.06. The van der Waals surface area contributed by atoms with Crippen molar-refractivity contribution >= 4 is 17.2 Å². The third kappa shape index (κ3) is 5.10. The molecule has 0 unspecified atom stereocenters. The van der Waals surface area contributed by atoms with Gasteiger partial charge in [0.2, 0.25) is 0 Å². The van der Waals surface area contributed by atoms with Crippen molar-refractivity contribution in [3.63, 3.8) is 0 Å². The number of benzene rings is 1. The molecule has 100 valence electrons. The van der Waals surface area contributed by atoms with E-state index in [1.165, 1.54) is 0 Å². The highest BCUT2D eigenvalue weighted by atomic mass is 32.1. The third-order valence-corrected chi connectivity index (χ3v) is 2.80. The van der Waals surface area contributed by atoms with Crippen molar-refractivity contribution in [2.75, 3.05) is 33.4 Å². The molecule has 0 saturated carbocycles. The molecule has 1 aromatic carbocycles. The second-order valence-corrected chi connectivity index (χ2v) is 4.53. The Balaban J connectivity index is 2.48. The van der Waals surface area contributed by atoms with Gasteiger partial charge in [0.15, 0.2) is 0 Å². The molecule has 0 spiro atoms. The van der Waals surface area contributed by atoms with Gasteiger partial charge in [-0.3, -0.25) is 4.90 Å². The Morgan fingerprint density at radius 2 is 2.11 bits per heavy atom. The number of likely N-dealkylation sites (N-methyl/N-ethyl adjacent to an activating group) is 1. The van der Waals surface area contributed by atoms with Crippen molar-refractivity contribution in [3.8, 4) is 0 Å². The summed E-state index contributed by atoms with van der Waals surface area (Å²) in [5.41, 5.74) is 7.74. The average Bonchev–Trinajstić information content (AvgIpc) is 2.35. The number of nitrogens with zero attached hydrogens (tertiary/aromatic N) is 1.